The first kappa shape index (κ1) is 19.8. The van der Waals surface area contributed by atoms with Gasteiger partial charge in [-0.25, -0.2) is 4.98 Å². The number of esters is 1. The van der Waals surface area contributed by atoms with E-state index in [9.17, 15) is 9.59 Å². The molecular weight excluding hydrogens is 354 g/mol. The Morgan fingerprint density at radius 3 is 2.46 bits per heavy atom. The fraction of sp³-hybridized carbons (Fsp3) is 0.318. The highest BCUT2D eigenvalue weighted by Crippen LogP contribution is 2.18. The van der Waals surface area contributed by atoms with Crippen molar-refractivity contribution < 1.29 is 9.53 Å². The molecule has 0 spiro atoms. The number of benzene rings is 2. The van der Waals surface area contributed by atoms with E-state index < -0.39 is 5.97 Å². The number of carbonyl (C=O) groups excluding carboxylic acids is 1. The smallest absolute Gasteiger partial charge is 0.326 e. The van der Waals surface area contributed by atoms with E-state index in [4.69, 9.17) is 4.74 Å². The molecule has 0 aliphatic heterocycles. The lowest BCUT2D eigenvalue weighted by Gasteiger charge is -2.21. The van der Waals surface area contributed by atoms with Crippen LogP contribution in [-0.2, 0) is 16.1 Å². The summed E-state index contributed by atoms with van der Waals surface area (Å²) in [5, 5.41) is 3.43. The number of hydrogen-bond donors (Lipinski definition) is 1. The topological polar surface area (TPSA) is 73.2 Å². The molecule has 1 N–H and O–H groups in total. The number of fused-ring (bicyclic) bond motifs is 1. The molecule has 0 unspecified atom stereocenters. The summed E-state index contributed by atoms with van der Waals surface area (Å²) in [4.78, 5) is 29.8. The molecule has 0 radical (unpaired) electrons. The maximum absolute atomic E-state index is 13.1. The molecule has 1 heterocycles. The van der Waals surface area contributed by atoms with E-state index in [1.54, 1.807) is 13.0 Å². The molecule has 3 aromatic rings. The van der Waals surface area contributed by atoms with E-state index in [1.807, 2.05) is 62.4 Å². The van der Waals surface area contributed by atoms with Crippen LogP contribution in [0.2, 0.25) is 0 Å². The van der Waals surface area contributed by atoms with Crippen LogP contribution in [0.3, 0.4) is 0 Å². The predicted molar refractivity (Wildman–Crippen MR) is 109 cm³/mol. The Morgan fingerprint density at radius 2 is 1.75 bits per heavy atom. The van der Waals surface area contributed by atoms with Gasteiger partial charge in [0.2, 0.25) is 0 Å². The number of ether oxygens (including phenoxy) is 1. The molecule has 0 amide bonds. The molecule has 28 heavy (non-hydrogen) atoms. The Balaban J connectivity index is 1.97. The van der Waals surface area contributed by atoms with Gasteiger partial charge in [0.15, 0.2) is 0 Å². The average molecular weight is 379 g/mol. The van der Waals surface area contributed by atoms with Crippen molar-refractivity contribution in [3.8, 4) is 0 Å². The Kier molecular flexibility index (Phi) is 6.21. The van der Waals surface area contributed by atoms with Crippen molar-refractivity contribution in [2.75, 3.05) is 6.61 Å². The second-order valence-electron chi connectivity index (χ2n) is 6.70. The van der Waals surface area contributed by atoms with Crippen LogP contribution in [0.1, 0.15) is 44.1 Å². The number of nitrogens with zero attached hydrogens (tertiary/aromatic N) is 2. The van der Waals surface area contributed by atoms with E-state index in [0.29, 0.717) is 16.7 Å². The lowest BCUT2D eigenvalue weighted by atomic mass is 10.1. The van der Waals surface area contributed by atoms with Gasteiger partial charge in [0.25, 0.3) is 5.56 Å². The minimum Gasteiger partial charge on any atom is -0.465 e. The van der Waals surface area contributed by atoms with Crippen LogP contribution in [0.25, 0.3) is 11.0 Å². The zero-order chi connectivity index (χ0) is 20.1. The van der Waals surface area contributed by atoms with Gasteiger partial charge in [-0.3, -0.25) is 14.2 Å². The minimum absolute atomic E-state index is 0.0439. The Labute approximate surface area is 164 Å². The van der Waals surface area contributed by atoms with Gasteiger partial charge in [0, 0.05) is 6.04 Å². The number of rotatable bonds is 7. The summed E-state index contributed by atoms with van der Waals surface area (Å²) in [6.45, 7) is 5.84. The average Bonchev–Trinajstić information content (AvgIpc) is 2.70. The van der Waals surface area contributed by atoms with Gasteiger partial charge in [-0.15, -0.1) is 0 Å². The van der Waals surface area contributed by atoms with E-state index in [2.05, 4.69) is 10.3 Å². The molecule has 6 heteroatoms. The van der Waals surface area contributed by atoms with Crippen molar-refractivity contribution >= 4 is 17.0 Å². The molecule has 3 rings (SSSR count). The highest BCUT2D eigenvalue weighted by atomic mass is 16.5. The number of nitrogens with one attached hydrogen (secondary N) is 1. The number of para-hydroxylation sites is 2. The van der Waals surface area contributed by atoms with Crippen LogP contribution in [0.5, 0.6) is 0 Å². The zero-order valence-corrected chi connectivity index (χ0v) is 16.4. The largest absolute Gasteiger partial charge is 0.465 e. The van der Waals surface area contributed by atoms with Gasteiger partial charge < -0.3 is 10.1 Å². The highest BCUT2D eigenvalue weighted by Gasteiger charge is 2.20. The Bertz CT molecular complexity index is 1010. The normalized spacial score (nSPS) is 13.2. The molecule has 2 atom stereocenters. The second-order valence-corrected chi connectivity index (χ2v) is 6.70. The number of hydrogen-bond acceptors (Lipinski definition) is 5. The second kappa shape index (κ2) is 8.80. The zero-order valence-electron chi connectivity index (χ0n) is 16.4. The fourth-order valence-electron chi connectivity index (χ4n) is 3.28. The minimum atomic E-state index is -0.440. The molecule has 0 bridgehead atoms. The molecule has 6 nitrogen and oxygen atoms in total. The van der Waals surface area contributed by atoms with Crippen molar-refractivity contribution in [2.45, 2.75) is 39.4 Å². The third-order valence-electron chi connectivity index (χ3n) is 4.68. The molecule has 0 saturated carbocycles. The molecule has 0 aliphatic rings. The summed E-state index contributed by atoms with van der Waals surface area (Å²) >= 11 is 0. The van der Waals surface area contributed by atoms with Crippen molar-refractivity contribution in [1.29, 1.82) is 0 Å². The SMILES string of the molecule is CCOC(=O)Cn1c(=O)c([C@@H](C)N[C@@H](C)c2ccccc2)nc2ccccc21. The van der Waals surface area contributed by atoms with Crippen LogP contribution in [0, 0.1) is 0 Å². The quantitative estimate of drug-likeness (QED) is 0.637. The molecular formula is C22H25N3O3. The molecule has 0 saturated heterocycles. The van der Waals surface area contributed by atoms with Crippen LogP contribution in [0.4, 0.5) is 0 Å². The van der Waals surface area contributed by atoms with E-state index >= 15 is 0 Å². The lowest BCUT2D eigenvalue weighted by molar-refractivity contribution is -0.143. The Morgan fingerprint density at radius 1 is 1.07 bits per heavy atom. The van der Waals surface area contributed by atoms with Crippen LogP contribution in [0.15, 0.2) is 59.4 Å². The molecule has 146 valence electrons. The summed E-state index contributed by atoms with van der Waals surface area (Å²) in [5.74, 6) is -0.440. The maximum atomic E-state index is 13.1. The summed E-state index contributed by atoms with van der Waals surface area (Å²) in [6.07, 6.45) is 0. The highest BCUT2D eigenvalue weighted by molar-refractivity contribution is 5.77. The molecule has 0 aliphatic carbocycles. The molecule has 2 aromatic carbocycles. The molecule has 0 fully saturated rings. The number of aromatic nitrogens is 2. The summed E-state index contributed by atoms with van der Waals surface area (Å²) in [5.41, 5.74) is 2.51. The van der Waals surface area contributed by atoms with Gasteiger partial charge in [-0.05, 0) is 38.5 Å². The van der Waals surface area contributed by atoms with Gasteiger partial charge >= 0.3 is 5.97 Å². The lowest BCUT2D eigenvalue weighted by Crippen LogP contribution is -2.34. The van der Waals surface area contributed by atoms with Crippen molar-refractivity contribution in [3.63, 3.8) is 0 Å². The van der Waals surface area contributed by atoms with Crippen LogP contribution < -0.4 is 10.9 Å². The Hall–Kier alpha value is -2.99. The van der Waals surface area contributed by atoms with Crippen molar-refractivity contribution in [2.24, 2.45) is 0 Å². The number of carbonyl (C=O) groups is 1. The monoisotopic (exact) mass is 379 g/mol. The van der Waals surface area contributed by atoms with Crippen LogP contribution >= 0.6 is 0 Å². The van der Waals surface area contributed by atoms with E-state index in [0.717, 1.165) is 5.56 Å². The summed E-state index contributed by atoms with van der Waals surface area (Å²) in [6, 6.07) is 17.1. The third-order valence-corrected chi connectivity index (χ3v) is 4.68. The standard InChI is InChI=1S/C22H25N3O3/c1-4-28-20(26)14-25-19-13-9-8-12-18(19)24-21(22(25)27)16(3)23-15(2)17-10-6-5-7-11-17/h5-13,15-16,23H,4,14H2,1-3H3/t15-,16+/m0/s1. The van der Waals surface area contributed by atoms with E-state index in [1.165, 1.54) is 4.57 Å². The third kappa shape index (κ3) is 4.28. The van der Waals surface area contributed by atoms with Crippen molar-refractivity contribution in [3.05, 3.63) is 76.2 Å². The first-order valence-corrected chi connectivity index (χ1v) is 9.47. The maximum Gasteiger partial charge on any atom is 0.326 e. The van der Waals surface area contributed by atoms with Crippen molar-refractivity contribution in [1.82, 2.24) is 14.9 Å². The van der Waals surface area contributed by atoms with E-state index in [-0.39, 0.29) is 30.8 Å². The predicted octanol–water partition coefficient (Wildman–Crippen LogP) is 3.37. The first-order valence-electron chi connectivity index (χ1n) is 9.47. The summed E-state index contributed by atoms with van der Waals surface area (Å²) < 4.78 is 6.48. The van der Waals surface area contributed by atoms with Gasteiger partial charge in [-0.1, -0.05) is 42.5 Å². The summed E-state index contributed by atoms with van der Waals surface area (Å²) in [7, 11) is 0. The van der Waals surface area contributed by atoms with Gasteiger partial charge in [-0.2, -0.15) is 0 Å². The fourth-order valence-corrected chi connectivity index (χ4v) is 3.28. The van der Waals surface area contributed by atoms with Gasteiger partial charge in [0.05, 0.1) is 23.7 Å². The first-order chi connectivity index (χ1) is 13.5. The molecule has 1 aromatic heterocycles. The van der Waals surface area contributed by atoms with Crippen LogP contribution in [-0.4, -0.2) is 22.1 Å². The van der Waals surface area contributed by atoms with Gasteiger partial charge in [0.1, 0.15) is 12.2 Å².